The Kier molecular flexibility index (Phi) is 5.58. The van der Waals surface area contributed by atoms with Crippen LogP contribution in [0.15, 0.2) is 28.3 Å². The van der Waals surface area contributed by atoms with Gasteiger partial charge in [0.25, 0.3) is 0 Å². The number of aryl methyl sites for hydroxylation is 1. The third kappa shape index (κ3) is 4.59. The molecule has 0 aliphatic heterocycles. The molecule has 11 heteroatoms. The highest BCUT2D eigenvalue weighted by atomic mass is 32.2. The van der Waals surface area contributed by atoms with E-state index in [1.54, 1.807) is 11.3 Å². The summed E-state index contributed by atoms with van der Waals surface area (Å²) in [5.74, 6) is 2.17. The number of rotatable bonds is 7. The van der Waals surface area contributed by atoms with Gasteiger partial charge < -0.3 is 14.8 Å². The van der Waals surface area contributed by atoms with Gasteiger partial charge in [0.2, 0.25) is 0 Å². The van der Waals surface area contributed by atoms with E-state index in [2.05, 4.69) is 19.5 Å². The molecule has 0 spiro atoms. The van der Waals surface area contributed by atoms with Crippen molar-refractivity contribution in [3.05, 3.63) is 40.9 Å². The quantitative estimate of drug-likeness (QED) is 0.510. The molecular formula is C18H22N4O5S2. The van der Waals surface area contributed by atoms with Crippen LogP contribution in [0.25, 0.3) is 10.2 Å². The van der Waals surface area contributed by atoms with E-state index < -0.39 is 16.4 Å². The van der Waals surface area contributed by atoms with Crippen molar-refractivity contribution in [2.45, 2.75) is 38.3 Å². The molecule has 4 N–H and O–H groups in total. The predicted octanol–water partition coefficient (Wildman–Crippen LogP) is 2.28. The fraction of sp³-hybridized carbons (Fsp3) is 0.444. The summed E-state index contributed by atoms with van der Waals surface area (Å²) in [6.45, 7) is 2.29. The summed E-state index contributed by atoms with van der Waals surface area (Å²) in [4.78, 5) is 8.80. The molecule has 0 radical (unpaired) electrons. The molecule has 3 heterocycles. The summed E-state index contributed by atoms with van der Waals surface area (Å²) in [5, 5.41) is 20.5. The maximum atomic E-state index is 11.0. The lowest BCUT2D eigenvalue weighted by molar-refractivity contribution is 0.101. The molecule has 1 aliphatic rings. The number of thiophene rings is 1. The van der Waals surface area contributed by atoms with Crippen molar-refractivity contribution in [1.82, 2.24) is 9.97 Å². The molecule has 0 aromatic carbocycles. The minimum Gasteiger partial charge on any atom is -0.465 e. The third-order valence-electron chi connectivity index (χ3n) is 5.15. The lowest BCUT2D eigenvalue weighted by Crippen LogP contribution is -2.24. The minimum absolute atomic E-state index is 0.0586. The van der Waals surface area contributed by atoms with Gasteiger partial charge >= 0.3 is 10.3 Å². The second kappa shape index (κ2) is 8.00. The van der Waals surface area contributed by atoms with Crippen LogP contribution in [-0.2, 0) is 21.0 Å². The summed E-state index contributed by atoms with van der Waals surface area (Å²) < 4.78 is 33.2. The Morgan fingerprint density at radius 2 is 2.21 bits per heavy atom. The van der Waals surface area contributed by atoms with Gasteiger partial charge in [-0.15, -0.1) is 11.3 Å². The summed E-state index contributed by atoms with van der Waals surface area (Å²) in [6.07, 6.45) is 1.98. The highest BCUT2D eigenvalue weighted by Gasteiger charge is 2.36. The first kappa shape index (κ1) is 20.2. The van der Waals surface area contributed by atoms with E-state index in [0.717, 1.165) is 33.1 Å². The molecule has 3 aromatic rings. The molecule has 3 atom stereocenters. The van der Waals surface area contributed by atoms with E-state index in [4.69, 9.17) is 9.56 Å². The van der Waals surface area contributed by atoms with Gasteiger partial charge in [0, 0.05) is 5.92 Å². The molecular weight excluding hydrogens is 416 g/mol. The number of nitrogens with two attached hydrogens (primary N) is 1. The molecule has 3 unspecified atom stereocenters. The molecule has 156 valence electrons. The summed E-state index contributed by atoms with van der Waals surface area (Å²) in [7, 11) is -4.02. The molecule has 9 nitrogen and oxygen atoms in total. The summed E-state index contributed by atoms with van der Waals surface area (Å²) in [6, 6.07) is 3.83. The van der Waals surface area contributed by atoms with E-state index in [9.17, 15) is 13.5 Å². The van der Waals surface area contributed by atoms with E-state index in [0.29, 0.717) is 19.4 Å². The monoisotopic (exact) mass is 438 g/mol. The zero-order valence-corrected chi connectivity index (χ0v) is 17.4. The highest BCUT2D eigenvalue weighted by molar-refractivity contribution is 7.84. The number of fused-ring (bicyclic) bond motifs is 1. The molecule has 1 fully saturated rings. The van der Waals surface area contributed by atoms with Crippen molar-refractivity contribution in [2.75, 3.05) is 11.9 Å². The van der Waals surface area contributed by atoms with Gasteiger partial charge in [-0.05, 0) is 48.8 Å². The van der Waals surface area contributed by atoms with Crippen LogP contribution in [0.2, 0.25) is 0 Å². The van der Waals surface area contributed by atoms with Crippen LogP contribution in [0, 0.1) is 12.8 Å². The van der Waals surface area contributed by atoms with Gasteiger partial charge in [0.05, 0.1) is 29.5 Å². The first-order chi connectivity index (χ1) is 13.8. The minimum atomic E-state index is -4.02. The van der Waals surface area contributed by atoms with Crippen molar-refractivity contribution in [3.63, 3.8) is 0 Å². The Labute approximate surface area is 172 Å². The summed E-state index contributed by atoms with van der Waals surface area (Å²) >= 11 is 1.54. The normalized spacial score (nSPS) is 22.4. The topological polar surface area (TPSA) is 141 Å². The Balaban J connectivity index is 1.50. The molecule has 0 bridgehead atoms. The number of aliphatic hydroxyl groups excluding tert-OH is 1. The number of anilines is 1. The number of aromatic nitrogens is 2. The molecule has 0 amide bonds. The summed E-state index contributed by atoms with van der Waals surface area (Å²) in [5.41, 5.74) is 1.87. The number of hydrogen-bond acceptors (Lipinski definition) is 9. The molecule has 4 rings (SSSR count). The van der Waals surface area contributed by atoms with Gasteiger partial charge in [0.15, 0.2) is 0 Å². The molecule has 1 aliphatic carbocycles. The van der Waals surface area contributed by atoms with Crippen LogP contribution in [0.4, 0.5) is 5.82 Å². The Morgan fingerprint density at radius 1 is 1.38 bits per heavy atom. The third-order valence-corrected chi connectivity index (χ3v) is 6.61. The second-order valence-electron chi connectivity index (χ2n) is 7.23. The first-order valence-corrected chi connectivity index (χ1v) is 11.5. The van der Waals surface area contributed by atoms with Crippen molar-refractivity contribution in [3.8, 4) is 0 Å². The average Bonchev–Trinajstić information content (AvgIpc) is 3.36. The van der Waals surface area contributed by atoms with Gasteiger partial charge in [-0.3, -0.25) is 4.18 Å². The number of nitrogens with one attached hydrogen (secondary N) is 1. The van der Waals surface area contributed by atoms with E-state index in [1.807, 2.05) is 24.4 Å². The SMILES string of the molecule is Cc1ccc(CNc2ncnc3c(C4CC(O)C(COS(N)(=O)=O)C4)csc23)o1. The Morgan fingerprint density at radius 3 is 2.93 bits per heavy atom. The predicted molar refractivity (Wildman–Crippen MR) is 109 cm³/mol. The van der Waals surface area contributed by atoms with Crippen molar-refractivity contribution < 1.29 is 22.1 Å². The Bertz CT molecular complexity index is 1110. The van der Waals surface area contributed by atoms with Crippen LogP contribution in [0.5, 0.6) is 0 Å². The van der Waals surface area contributed by atoms with Gasteiger partial charge in [-0.1, -0.05) is 0 Å². The van der Waals surface area contributed by atoms with Crippen molar-refractivity contribution in [1.29, 1.82) is 0 Å². The highest BCUT2D eigenvalue weighted by Crippen LogP contribution is 2.43. The number of furan rings is 1. The fourth-order valence-corrected chi connectivity index (χ4v) is 5.19. The zero-order chi connectivity index (χ0) is 20.6. The molecule has 29 heavy (non-hydrogen) atoms. The zero-order valence-electron chi connectivity index (χ0n) is 15.7. The van der Waals surface area contributed by atoms with Crippen LogP contribution in [0.3, 0.4) is 0 Å². The van der Waals surface area contributed by atoms with Gasteiger partial charge in [-0.2, -0.15) is 8.42 Å². The smallest absolute Gasteiger partial charge is 0.333 e. The van der Waals surface area contributed by atoms with Gasteiger partial charge in [0.1, 0.15) is 23.7 Å². The van der Waals surface area contributed by atoms with Gasteiger partial charge in [-0.25, -0.2) is 15.1 Å². The first-order valence-electron chi connectivity index (χ1n) is 9.16. The van der Waals surface area contributed by atoms with Crippen LogP contribution < -0.4 is 10.5 Å². The van der Waals surface area contributed by atoms with Crippen LogP contribution >= 0.6 is 11.3 Å². The van der Waals surface area contributed by atoms with Crippen molar-refractivity contribution >= 4 is 37.7 Å². The fourth-order valence-electron chi connectivity index (χ4n) is 3.75. The Hall–Kier alpha value is -2.05. The van der Waals surface area contributed by atoms with E-state index in [-0.39, 0.29) is 18.4 Å². The van der Waals surface area contributed by atoms with E-state index >= 15 is 0 Å². The second-order valence-corrected chi connectivity index (χ2v) is 9.33. The molecule has 0 saturated heterocycles. The largest absolute Gasteiger partial charge is 0.465 e. The number of nitrogens with zero attached hydrogens (tertiary/aromatic N) is 2. The average molecular weight is 439 g/mol. The maximum Gasteiger partial charge on any atom is 0.333 e. The maximum absolute atomic E-state index is 11.0. The molecule has 1 saturated carbocycles. The standard InChI is InChI=1S/C18H22N4O5S2/c1-10-2-3-13(27-10)6-20-18-17-16(21-9-22-18)14(8-28-17)11-4-12(15(23)5-11)7-26-29(19,24)25/h2-3,8-9,11-12,15,23H,4-7H2,1H3,(H2,19,24,25)(H,20,21,22). The van der Waals surface area contributed by atoms with E-state index in [1.165, 1.54) is 6.33 Å². The van der Waals surface area contributed by atoms with Crippen molar-refractivity contribution in [2.24, 2.45) is 11.1 Å². The molecule has 3 aromatic heterocycles. The van der Waals surface area contributed by atoms with Crippen LogP contribution in [0.1, 0.15) is 35.8 Å². The lowest BCUT2D eigenvalue weighted by atomic mass is 9.98. The number of hydrogen-bond donors (Lipinski definition) is 3. The lowest BCUT2D eigenvalue weighted by Gasteiger charge is -2.12. The van der Waals surface area contributed by atoms with Crippen LogP contribution in [-0.4, -0.2) is 36.2 Å². The number of aliphatic hydroxyl groups is 1.